The molecule has 2 aromatic rings. The standard InChI is InChI=1S/C16H22N4O2/c1-12(21)9-16(2,3)11-17-15(22)14-10-20(19-18-14)13-7-5-4-6-8-13/h4-8,10,12,21H,9,11H2,1-3H3,(H,17,22). The summed E-state index contributed by atoms with van der Waals surface area (Å²) in [6, 6.07) is 9.49. The van der Waals surface area contributed by atoms with E-state index in [9.17, 15) is 9.90 Å². The number of benzene rings is 1. The minimum absolute atomic E-state index is 0.181. The lowest BCUT2D eigenvalue weighted by atomic mass is 9.87. The molecule has 1 aromatic heterocycles. The molecule has 6 nitrogen and oxygen atoms in total. The number of rotatable bonds is 6. The topological polar surface area (TPSA) is 80.0 Å². The van der Waals surface area contributed by atoms with Gasteiger partial charge in [-0.05, 0) is 30.9 Å². The molecule has 0 bridgehead atoms. The quantitative estimate of drug-likeness (QED) is 0.852. The molecule has 2 N–H and O–H groups in total. The average Bonchev–Trinajstić information content (AvgIpc) is 2.94. The molecule has 0 saturated carbocycles. The summed E-state index contributed by atoms with van der Waals surface area (Å²) in [5, 5.41) is 20.2. The molecule has 0 saturated heterocycles. The minimum Gasteiger partial charge on any atom is -0.393 e. The van der Waals surface area contributed by atoms with Crippen LogP contribution >= 0.6 is 0 Å². The van der Waals surface area contributed by atoms with Crippen LogP contribution < -0.4 is 5.32 Å². The van der Waals surface area contributed by atoms with E-state index < -0.39 is 6.10 Å². The normalized spacial score (nSPS) is 12.9. The number of hydrogen-bond donors (Lipinski definition) is 2. The van der Waals surface area contributed by atoms with Crippen molar-refractivity contribution in [1.29, 1.82) is 0 Å². The molecular weight excluding hydrogens is 280 g/mol. The summed E-state index contributed by atoms with van der Waals surface area (Å²) in [4.78, 5) is 12.1. The summed E-state index contributed by atoms with van der Waals surface area (Å²) in [6.07, 6.45) is 1.82. The Hall–Kier alpha value is -2.21. The molecule has 1 amide bonds. The van der Waals surface area contributed by atoms with Gasteiger partial charge in [0.1, 0.15) is 0 Å². The van der Waals surface area contributed by atoms with Crippen LogP contribution in [-0.4, -0.2) is 38.7 Å². The smallest absolute Gasteiger partial charge is 0.273 e. The number of nitrogens with one attached hydrogen (secondary N) is 1. The number of carbonyl (C=O) groups is 1. The predicted octanol–water partition coefficient (Wildman–Crippen LogP) is 1.79. The first-order valence-electron chi connectivity index (χ1n) is 7.31. The maximum Gasteiger partial charge on any atom is 0.273 e. The molecule has 2 rings (SSSR count). The summed E-state index contributed by atoms with van der Waals surface area (Å²) in [5.74, 6) is -0.263. The van der Waals surface area contributed by atoms with Gasteiger partial charge in [0, 0.05) is 6.54 Å². The van der Waals surface area contributed by atoms with Crippen LogP contribution in [-0.2, 0) is 0 Å². The van der Waals surface area contributed by atoms with Crippen LogP contribution in [0.2, 0.25) is 0 Å². The Bertz CT molecular complexity index is 620. The molecule has 0 aliphatic rings. The molecule has 0 aliphatic carbocycles. The van der Waals surface area contributed by atoms with E-state index in [0.29, 0.717) is 13.0 Å². The van der Waals surface area contributed by atoms with Crippen molar-refractivity contribution in [3.05, 3.63) is 42.2 Å². The van der Waals surface area contributed by atoms with Crippen molar-refractivity contribution >= 4 is 5.91 Å². The fourth-order valence-corrected chi connectivity index (χ4v) is 2.36. The fourth-order valence-electron chi connectivity index (χ4n) is 2.36. The van der Waals surface area contributed by atoms with Crippen LogP contribution in [0.1, 0.15) is 37.7 Å². The number of carbonyl (C=O) groups excluding carboxylic acids is 1. The lowest BCUT2D eigenvalue weighted by molar-refractivity contribution is 0.0897. The van der Waals surface area contributed by atoms with E-state index in [2.05, 4.69) is 15.6 Å². The second-order valence-electron chi connectivity index (χ2n) is 6.28. The molecular formula is C16H22N4O2. The minimum atomic E-state index is -0.397. The van der Waals surface area contributed by atoms with Gasteiger partial charge >= 0.3 is 0 Å². The first-order chi connectivity index (χ1) is 10.4. The average molecular weight is 302 g/mol. The number of aliphatic hydroxyl groups excluding tert-OH is 1. The van der Waals surface area contributed by atoms with Crippen molar-refractivity contribution in [2.75, 3.05) is 6.54 Å². The summed E-state index contributed by atoms with van der Waals surface area (Å²) in [7, 11) is 0. The highest BCUT2D eigenvalue weighted by molar-refractivity contribution is 5.91. The number of aromatic nitrogens is 3. The van der Waals surface area contributed by atoms with E-state index in [1.54, 1.807) is 17.8 Å². The molecule has 118 valence electrons. The van der Waals surface area contributed by atoms with E-state index in [1.807, 2.05) is 44.2 Å². The zero-order valence-corrected chi connectivity index (χ0v) is 13.2. The van der Waals surface area contributed by atoms with Gasteiger partial charge in [-0.15, -0.1) is 5.10 Å². The monoisotopic (exact) mass is 302 g/mol. The van der Waals surface area contributed by atoms with Gasteiger partial charge in [0.05, 0.1) is 18.0 Å². The SMILES string of the molecule is CC(O)CC(C)(C)CNC(=O)c1cn(-c2ccccc2)nn1. The number of para-hydroxylation sites is 1. The number of hydrogen-bond acceptors (Lipinski definition) is 4. The molecule has 22 heavy (non-hydrogen) atoms. The molecule has 0 aliphatic heterocycles. The Labute approximate surface area is 130 Å². The maximum atomic E-state index is 12.1. The van der Waals surface area contributed by atoms with E-state index in [-0.39, 0.29) is 17.0 Å². The van der Waals surface area contributed by atoms with Crippen molar-refractivity contribution in [2.45, 2.75) is 33.3 Å². The first kappa shape index (κ1) is 16.2. The third kappa shape index (κ3) is 4.39. The highest BCUT2D eigenvalue weighted by Crippen LogP contribution is 2.21. The van der Waals surface area contributed by atoms with Crippen LogP contribution in [0.3, 0.4) is 0 Å². The summed E-state index contributed by atoms with van der Waals surface area (Å²) >= 11 is 0. The number of amides is 1. The highest BCUT2D eigenvalue weighted by Gasteiger charge is 2.22. The van der Waals surface area contributed by atoms with Crippen molar-refractivity contribution in [3.63, 3.8) is 0 Å². The van der Waals surface area contributed by atoms with Gasteiger partial charge in [-0.25, -0.2) is 4.68 Å². The lowest BCUT2D eigenvalue weighted by Crippen LogP contribution is -2.35. The van der Waals surface area contributed by atoms with Crippen molar-refractivity contribution in [1.82, 2.24) is 20.3 Å². The second kappa shape index (κ2) is 6.70. The zero-order chi connectivity index (χ0) is 16.2. The van der Waals surface area contributed by atoms with Crippen LogP contribution in [0.15, 0.2) is 36.5 Å². The zero-order valence-electron chi connectivity index (χ0n) is 13.2. The van der Waals surface area contributed by atoms with Crippen molar-refractivity contribution in [2.24, 2.45) is 5.41 Å². The summed E-state index contributed by atoms with van der Waals surface area (Å²) in [5.41, 5.74) is 0.944. The second-order valence-corrected chi connectivity index (χ2v) is 6.28. The molecule has 0 fully saturated rings. The van der Waals surface area contributed by atoms with Gasteiger partial charge < -0.3 is 10.4 Å². The van der Waals surface area contributed by atoms with Gasteiger partial charge in [-0.2, -0.15) is 0 Å². The largest absolute Gasteiger partial charge is 0.393 e. The van der Waals surface area contributed by atoms with Crippen LogP contribution in [0, 0.1) is 5.41 Å². The summed E-state index contributed by atoms with van der Waals surface area (Å²) < 4.78 is 1.57. The number of aliphatic hydroxyl groups is 1. The third-order valence-corrected chi connectivity index (χ3v) is 3.32. The molecule has 0 radical (unpaired) electrons. The van der Waals surface area contributed by atoms with E-state index in [1.165, 1.54) is 0 Å². The highest BCUT2D eigenvalue weighted by atomic mass is 16.3. The molecule has 1 aromatic carbocycles. The lowest BCUT2D eigenvalue weighted by Gasteiger charge is -2.26. The summed E-state index contributed by atoms with van der Waals surface area (Å²) in [6.45, 7) is 6.21. The fraction of sp³-hybridized carbons (Fsp3) is 0.438. The Balaban J connectivity index is 1.98. The van der Waals surface area contributed by atoms with E-state index in [4.69, 9.17) is 0 Å². The Morgan fingerprint density at radius 1 is 1.36 bits per heavy atom. The maximum absolute atomic E-state index is 12.1. The van der Waals surface area contributed by atoms with Gasteiger partial charge in [0.15, 0.2) is 5.69 Å². The molecule has 6 heteroatoms. The molecule has 0 spiro atoms. The Morgan fingerprint density at radius 3 is 2.68 bits per heavy atom. The Morgan fingerprint density at radius 2 is 2.05 bits per heavy atom. The molecule has 1 heterocycles. The molecule has 1 atom stereocenters. The first-order valence-corrected chi connectivity index (χ1v) is 7.31. The van der Waals surface area contributed by atoms with Gasteiger partial charge in [-0.1, -0.05) is 37.3 Å². The van der Waals surface area contributed by atoms with Gasteiger partial charge in [-0.3, -0.25) is 4.79 Å². The predicted molar refractivity (Wildman–Crippen MR) is 83.8 cm³/mol. The van der Waals surface area contributed by atoms with Crippen LogP contribution in [0.5, 0.6) is 0 Å². The number of nitrogens with zero attached hydrogens (tertiary/aromatic N) is 3. The Kier molecular flexibility index (Phi) is 4.92. The van der Waals surface area contributed by atoms with Crippen LogP contribution in [0.25, 0.3) is 5.69 Å². The molecule has 1 unspecified atom stereocenters. The van der Waals surface area contributed by atoms with Crippen molar-refractivity contribution in [3.8, 4) is 5.69 Å². The third-order valence-electron chi connectivity index (χ3n) is 3.32. The van der Waals surface area contributed by atoms with E-state index in [0.717, 1.165) is 5.69 Å². The van der Waals surface area contributed by atoms with E-state index >= 15 is 0 Å². The van der Waals surface area contributed by atoms with Crippen LogP contribution in [0.4, 0.5) is 0 Å². The van der Waals surface area contributed by atoms with Crippen molar-refractivity contribution < 1.29 is 9.90 Å². The van der Waals surface area contributed by atoms with Gasteiger partial charge in [0.25, 0.3) is 5.91 Å². The van der Waals surface area contributed by atoms with Gasteiger partial charge in [0.2, 0.25) is 0 Å².